The van der Waals surface area contributed by atoms with Gasteiger partial charge in [0.2, 0.25) is 5.54 Å². The van der Waals surface area contributed by atoms with Crippen LogP contribution in [0, 0.1) is 10.1 Å². The molecule has 1 aliphatic rings. The summed E-state index contributed by atoms with van der Waals surface area (Å²) >= 11 is 0. The number of rotatable bonds is 2. The van der Waals surface area contributed by atoms with Gasteiger partial charge in [-0.15, -0.1) is 0 Å². The second kappa shape index (κ2) is 3.69. The van der Waals surface area contributed by atoms with Gasteiger partial charge in [-0.3, -0.25) is 10.1 Å². The van der Waals surface area contributed by atoms with Crippen LogP contribution >= 0.6 is 0 Å². The van der Waals surface area contributed by atoms with Crippen LogP contribution in [0.25, 0.3) is 0 Å². The topological polar surface area (TPSA) is 119 Å². The minimum absolute atomic E-state index is 0.0621. The lowest BCUT2D eigenvalue weighted by molar-refractivity contribution is -0.384. The zero-order valence-electron chi connectivity index (χ0n) is 9.17. The van der Waals surface area contributed by atoms with Crippen molar-refractivity contribution in [1.82, 2.24) is 0 Å². The number of nitrogens with zero attached hydrogens (tertiary/aromatic N) is 1. The van der Waals surface area contributed by atoms with E-state index in [1.807, 2.05) is 0 Å². The third-order valence-electron chi connectivity index (χ3n) is 2.60. The maximum absolute atomic E-state index is 11.6. The number of hydrogen-bond donors (Lipinski definition) is 2. The molecule has 0 saturated heterocycles. The van der Waals surface area contributed by atoms with Crippen LogP contribution in [0.2, 0.25) is 0 Å². The molecule has 8 heteroatoms. The van der Waals surface area contributed by atoms with Gasteiger partial charge in [0.05, 0.1) is 16.7 Å². The SMILES string of the molecule is C[C@]1(C(=O)O)Nc2ccc([N+](=O)[O-])cc2OC1=O. The number of hydrogen-bond acceptors (Lipinski definition) is 6. The molecule has 0 amide bonds. The summed E-state index contributed by atoms with van der Waals surface area (Å²) in [5.41, 5.74) is -1.93. The number of nitro groups is 1. The summed E-state index contributed by atoms with van der Waals surface area (Å²) in [7, 11) is 0. The average molecular weight is 252 g/mol. The second-order valence-electron chi connectivity index (χ2n) is 3.88. The van der Waals surface area contributed by atoms with E-state index in [1.54, 1.807) is 0 Å². The number of ether oxygens (including phenoxy) is 1. The van der Waals surface area contributed by atoms with Crippen LogP contribution in [-0.2, 0) is 9.59 Å². The minimum atomic E-state index is -1.90. The first-order valence-electron chi connectivity index (χ1n) is 4.87. The molecule has 94 valence electrons. The Morgan fingerprint density at radius 2 is 2.22 bits per heavy atom. The first-order valence-corrected chi connectivity index (χ1v) is 4.87. The molecule has 18 heavy (non-hydrogen) atoms. The van der Waals surface area contributed by atoms with Crippen molar-refractivity contribution in [3.05, 3.63) is 28.3 Å². The quantitative estimate of drug-likeness (QED) is 0.262. The molecule has 0 unspecified atom stereocenters. The molecule has 0 bridgehead atoms. The van der Waals surface area contributed by atoms with E-state index in [0.29, 0.717) is 0 Å². The van der Waals surface area contributed by atoms with Gasteiger partial charge in [0, 0.05) is 6.07 Å². The van der Waals surface area contributed by atoms with Gasteiger partial charge in [0.25, 0.3) is 5.69 Å². The number of non-ortho nitro benzene ring substituents is 1. The highest BCUT2D eigenvalue weighted by molar-refractivity contribution is 6.09. The van der Waals surface area contributed by atoms with E-state index in [0.717, 1.165) is 13.0 Å². The van der Waals surface area contributed by atoms with Crippen molar-refractivity contribution < 1.29 is 24.4 Å². The number of carboxylic acid groups (broad SMARTS) is 1. The third kappa shape index (κ3) is 1.63. The number of anilines is 1. The highest BCUT2D eigenvalue weighted by Gasteiger charge is 2.47. The van der Waals surface area contributed by atoms with E-state index in [1.165, 1.54) is 12.1 Å². The van der Waals surface area contributed by atoms with Gasteiger partial charge in [-0.2, -0.15) is 0 Å². The number of nitro benzene ring substituents is 1. The molecule has 1 aliphatic heterocycles. The number of aliphatic carboxylic acids is 1. The molecule has 0 aromatic heterocycles. The summed E-state index contributed by atoms with van der Waals surface area (Å²) in [6, 6.07) is 3.54. The standard InChI is InChI=1S/C10H8N2O6/c1-10(8(13)14)9(15)18-7-4-5(12(16)17)2-3-6(7)11-10/h2-4,11H,1H3,(H,13,14)/t10-/m1/s1. The third-order valence-corrected chi connectivity index (χ3v) is 2.60. The van der Waals surface area contributed by atoms with E-state index in [2.05, 4.69) is 5.32 Å². The van der Waals surface area contributed by atoms with Gasteiger partial charge < -0.3 is 15.2 Å². The molecular formula is C10H8N2O6. The van der Waals surface area contributed by atoms with Crippen LogP contribution in [0.3, 0.4) is 0 Å². The van der Waals surface area contributed by atoms with Crippen LogP contribution in [0.1, 0.15) is 6.92 Å². The maximum Gasteiger partial charge on any atom is 0.348 e. The van der Waals surface area contributed by atoms with Gasteiger partial charge in [0.1, 0.15) is 0 Å². The van der Waals surface area contributed by atoms with Crippen LogP contribution < -0.4 is 10.1 Å². The Morgan fingerprint density at radius 1 is 1.56 bits per heavy atom. The van der Waals surface area contributed by atoms with Crippen molar-refractivity contribution in [2.45, 2.75) is 12.5 Å². The monoisotopic (exact) mass is 252 g/mol. The summed E-state index contributed by atoms with van der Waals surface area (Å²) in [5, 5.41) is 22.0. The average Bonchev–Trinajstić information content (AvgIpc) is 2.29. The highest BCUT2D eigenvalue weighted by Crippen LogP contribution is 2.35. The molecule has 0 fully saturated rings. The molecule has 0 spiro atoms. The first kappa shape index (κ1) is 11.8. The lowest BCUT2D eigenvalue weighted by atomic mass is 10.0. The first-order chi connectivity index (χ1) is 8.34. The van der Waals surface area contributed by atoms with Crippen molar-refractivity contribution in [2.75, 3.05) is 5.32 Å². The molecule has 1 atom stereocenters. The van der Waals surface area contributed by atoms with Crippen molar-refractivity contribution in [3.8, 4) is 5.75 Å². The number of carboxylic acids is 1. The molecule has 1 aromatic rings. The van der Waals surface area contributed by atoms with E-state index >= 15 is 0 Å². The van der Waals surface area contributed by atoms with Gasteiger partial charge in [0.15, 0.2) is 5.75 Å². The highest BCUT2D eigenvalue weighted by atomic mass is 16.6. The van der Waals surface area contributed by atoms with Gasteiger partial charge in [-0.25, -0.2) is 9.59 Å². The Balaban J connectivity index is 2.46. The van der Waals surface area contributed by atoms with Crippen LogP contribution in [0.4, 0.5) is 11.4 Å². The number of fused-ring (bicyclic) bond motifs is 1. The Hall–Kier alpha value is -2.64. The fraction of sp³-hybridized carbons (Fsp3) is 0.200. The smallest absolute Gasteiger partial charge is 0.348 e. The Labute approximate surface area is 100 Å². The van der Waals surface area contributed by atoms with Crippen LogP contribution in [0.15, 0.2) is 18.2 Å². The molecule has 1 heterocycles. The van der Waals surface area contributed by atoms with E-state index < -0.39 is 22.4 Å². The molecule has 2 rings (SSSR count). The summed E-state index contributed by atoms with van der Waals surface area (Å²) in [5.74, 6) is -2.48. The molecule has 0 aliphatic carbocycles. The predicted octanol–water partition coefficient (Wildman–Crippen LogP) is 0.769. The molecule has 2 N–H and O–H groups in total. The van der Waals surface area contributed by atoms with Gasteiger partial charge in [-0.05, 0) is 13.0 Å². The molecule has 0 radical (unpaired) electrons. The number of nitrogens with one attached hydrogen (secondary N) is 1. The minimum Gasteiger partial charge on any atom is -0.479 e. The van der Waals surface area contributed by atoms with Crippen LogP contribution in [-0.4, -0.2) is 27.5 Å². The number of benzene rings is 1. The van der Waals surface area contributed by atoms with Crippen molar-refractivity contribution in [2.24, 2.45) is 0 Å². The Kier molecular flexibility index (Phi) is 2.43. The Morgan fingerprint density at radius 3 is 2.78 bits per heavy atom. The predicted molar refractivity (Wildman–Crippen MR) is 58.4 cm³/mol. The second-order valence-corrected chi connectivity index (χ2v) is 3.88. The van der Waals surface area contributed by atoms with E-state index in [4.69, 9.17) is 9.84 Å². The summed E-state index contributed by atoms with van der Waals surface area (Å²) in [6.45, 7) is 1.15. The van der Waals surface area contributed by atoms with E-state index in [9.17, 15) is 19.7 Å². The van der Waals surface area contributed by atoms with Crippen molar-refractivity contribution >= 4 is 23.3 Å². The summed E-state index contributed by atoms with van der Waals surface area (Å²) in [6.07, 6.45) is 0. The molecular weight excluding hydrogens is 244 g/mol. The molecule has 8 nitrogen and oxygen atoms in total. The lowest BCUT2D eigenvalue weighted by Gasteiger charge is -2.30. The summed E-state index contributed by atoms with van der Waals surface area (Å²) < 4.78 is 4.81. The zero-order chi connectivity index (χ0) is 13.5. The number of carbonyl (C=O) groups is 2. The fourth-order valence-electron chi connectivity index (χ4n) is 1.48. The lowest BCUT2D eigenvalue weighted by Crippen LogP contribution is -2.55. The van der Waals surface area contributed by atoms with Crippen molar-refractivity contribution in [1.29, 1.82) is 0 Å². The van der Waals surface area contributed by atoms with Gasteiger partial charge in [-0.1, -0.05) is 0 Å². The van der Waals surface area contributed by atoms with E-state index in [-0.39, 0.29) is 17.1 Å². The van der Waals surface area contributed by atoms with Crippen molar-refractivity contribution in [3.63, 3.8) is 0 Å². The maximum atomic E-state index is 11.6. The van der Waals surface area contributed by atoms with Crippen LogP contribution in [0.5, 0.6) is 5.75 Å². The summed E-state index contributed by atoms with van der Waals surface area (Å²) in [4.78, 5) is 32.5. The number of carbonyl (C=O) groups excluding carboxylic acids is 1. The van der Waals surface area contributed by atoms with Gasteiger partial charge >= 0.3 is 11.9 Å². The largest absolute Gasteiger partial charge is 0.479 e. The molecule has 1 aromatic carbocycles. The molecule has 0 saturated carbocycles. The number of esters is 1. The Bertz CT molecular complexity index is 569. The zero-order valence-corrected chi connectivity index (χ0v) is 9.17. The fourth-order valence-corrected chi connectivity index (χ4v) is 1.48. The normalized spacial score (nSPS) is 21.5.